The molecule has 1 saturated heterocycles. The van der Waals surface area contributed by atoms with Crippen LogP contribution in [0.15, 0.2) is 24.4 Å². The number of amides is 2. The fourth-order valence-corrected chi connectivity index (χ4v) is 5.20. The number of piperidine rings is 1. The molecule has 0 unspecified atom stereocenters. The molecule has 0 spiro atoms. The van der Waals surface area contributed by atoms with Gasteiger partial charge in [-0.1, -0.05) is 19.8 Å². The summed E-state index contributed by atoms with van der Waals surface area (Å²) in [6.45, 7) is 3.55. The molecule has 4 rings (SSSR count). The third kappa shape index (κ3) is 7.99. The molecule has 0 bridgehead atoms. The van der Waals surface area contributed by atoms with E-state index in [2.05, 4.69) is 36.1 Å². The van der Waals surface area contributed by atoms with Crippen LogP contribution in [-0.2, 0) is 11.0 Å². The first kappa shape index (κ1) is 30.4. The zero-order valence-electron chi connectivity index (χ0n) is 23.6. The van der Waals surface area contributed by atoms with Crippen molar-refractivity contribution in [2.45, 2.75) is 76.2 Å². The summed E-state index contributed by atoms with van der Waals surface area (Å²) in [7, 11) is 3.49. The third-order valence-electron chi connectivity index (χ3n) is 7.61. The van der Waals surface area contributed by atoms with Gasteiger partial charge in [0.1, 0.15) is 17.1 Å². The molecule has 1 aliphatic carbocycles. The van der Waals surface area contributed by atoms with Crippen molar-refractivity contribution in [3.63, 3.8) is 0 Å². The normalized spacial score (nSPS) is 20.2. The number of anilines is 3. The number of methoxy groups -OCH3 is 1. The lowest BCUT2D eigenvalue weighted by atomic mass is 9.90. The summed E-state index contributed by atoms with van der Waals surface area (Å²) in [5.41, 5.74) is -0.207. The summed E-state index contributed by atoms with van der Waals surface area (Å²) < 4.78 is 47.1. The number of aromatic nitrogens is 2. The van der Waals surface area contributed by atoms with Crippen molar-refractivity contribution < 1.29 is 27.5 Å². The molecule has 224 valence electrons. The minimum absolute atomic E-state index is 0.0766. The van der Waals surface area contributed by atoms with E-state index in [4.69, 9.17) is 4.74 Å². The maximum Gasteiger partial charge on any atom is 0.421 e. The first-order valence-electron chi connectivity index (χ1n) is 14.0. The number of carbonyl (C=O) groups excluding carboxylic acids is 2. The van der Waals surface area contributed by atoms with Gasteiger partial charge >= 0.3 is 6.18 Å². The van der Waals surface area contributed by atoms with Crippen LogP contribution in [-0.4, -0.2) is 72.1 Å². The van der Waals surface area contributed by atoms with Gasteiger partial charge in [-0.25, -0.2) is 4.98 Å². The van der Waals surface area contributed by atoms with Crippen LogP contribution in [0, 0.1) is 0 Å². The number of rotatable bonds is 9. The van der Waals surface area contributed by atoms with Crippen molar-refractivity contribution in [3.8, 4) is 5.75 Å². The zero-order valence-corrected chi connectivity index (χ0v) is 23.6. The van der Waals surface area contributed by atoms with Gasteiger partial charge in [0.05, 0.1) is 12.8 Å². The van der Waals surface area contributed by atoms with Gasteiger partial charge < -0.3 is 30.9 Å². The maximum absolute atomic E-state index is 13.9. The van der Waals surface area contributed by atoms with Crippen molar-refractivity contribution in [1.29, 1.82) is 0 Å². The standard InChI is InChI=1S/C28H38F3N7O3/c1-4-24(39)34-20-7-5-6-8-21(20)35-25-19(28(29,30)31)16-32-27(37-25)36-22-10-9-17(15-23(22)41-3)26(40)33-18-11-13-38(2)14-12-18/h9-10,15-16,18,20-21H,4-8,11-14H2,1-3H3,(H,33,40)(H,34,39)(H2,32,35,36,37)/t20-,21-/m1/s1. The molecule has 0 radical (unpaired) electrons. The van der Waals surface area contributed by atoms with E-state index in [1.54, 1.807) is 25.1 Å². The Kier molecular flexibility index (Phi) is 9.90. The summed E-state index contributed by atoms with van der Waals surface area (Å²) >= 11 is 0. The Bertz CT molecular complexity index is 1220. The lowest BCUT2D eigenvalue weighted by molar-refractivity contribution is -0.137. The Morgan fingerprint density at radius 3 is 2.44 bits per heavy atom. The second-order valence-corrected chi connectivity index (χ2v) is 10.6. The lowest BCUT2D eigenvalue weighted by Gasteiger charge is -2.33. The highest BCUT2D eigenvalue weighted by Gasteiger charge is 2.37. The van der Waals surface area contributed by atoms with Crippen molar-refractivity contribution in [1.82, 2.24) is 25.5 Å². The second kappa shape index (κ2) is 13.4. The summed E-state index contributed by atoms with van der Waals surface area (Å²) in [5.74, 6) is -0.508. The number of likely N-dealkylation sites (tertiary alicyclic amines) is 1. The summed E-state index contributed by atoms with van der Waals surface area (Å²) in [4.78, 5) is 35.1. The minimum Gasteiger partial charge on any atom is -0.495 e. The van der Waals surface area contributed by atoms with Crippen LogP contribution in [0.1, 0.15) is 67.8 Å². The predicted molar refractivity (Wildman–Crippen MR) is 149 cm³/mol. The van der Waals surface area contributed by atoms with E-state index in [0.29, 0.717) is 36.3 Å². The molecule has 10 nitrogen and oxygen atoms in total. The Hall–Kier alpha value is -3.61. The van der Waals surface area contributed by atoms with Gasteiger partial charge in [0.15, 0.2) is 0 Å². The first-order chi connectivity index (χ1) is 19.6. The summed E-state index contributed by atoms with van der Waals surface area (Å²) in [5, 5.41) is 11.8. The zero-order chi connectivity index (χ0) is 29.6. The Balaban J connectivity index is 1.53. The maximum atomic E-state index is 13.9. The van der Waals surface area contributed by atoms with E-state index in [9.17, 15) is 22.8 Å². The number of nitrogens with one attached hydrogen (secondary N) is 4. The Labute approximate surface area is 237 Å². The molecule has 2 heterocycles. The van der Waals surface area contributed by atoms with Crippen LogP contribution < -0.4 is 26.0 Å². The van der Waals surface area contributed by atoms with Gasteiger partial charge in [0, 0.05) is 36.3 Å². The third-order valence-corrected chi connectivity index (χ3v) is 7.61. The van der Waals surface area contributed by atoms with Crippen molar-refractivity contribution >= 4 is 29.3 Å². The number of benzene rings is 1. The highest BCUT2D eigenvalue weighted by Crippen LogP contribution is 2.36. The van der Waals surface area contributed by atoms with Gasteiger partial charge in [-0.2, -0.15) is 18.2 Å². The number of ether oxygens (including phenoxy) is 1. The van der Waals surface area contributed by atoms with E-state index >= 15 is 0 Å². The molecule has 1 aromatic heterocycles. The van der Waals surface area contributed by atoms with Gasteiger partial charge in [0.25, 0.3) is 5.91 Å². The lowest BCUT2D eigenvalue weighted by Crippen LogP contribution is -2.48. The molecule has 2 aromatic rings. The van der Waals surface area contributed by atoms with Gasteiger partial charge in [0.2, 0.25) is 11.9 Å². The highest BCUT2D eigenvalue weighted by atomic mass is 19.4. The minimum atomic E-state index is -4.68. The SMILES string of the molecule is CCC(=O)N[C@@H]1CCCC[C@H]1Nc1nc(Nc2ccc(C(=O)NC3CCN(C)CC3)cc2OC)ncc1C(F)(F)F. The molecule has 1 aliphatic heterocycles. The number of hydrogen-bond acceptors (Lipinski definition) is 8. The molecule has 1 aromatic carbocycles. The molecule has 13 heteroatoms. The van der Waals surface area contributed by atoms with E-state index < -0.39 is 17.8 Å². The number of nitrogens with zero attached hydrogens (tertiary/aromatic N) is 3. The number of hydrogen-bond donors (Lipinski definition) is 4. The quantitative estimate of drug-likeness (QED) is 0.348. The average Bonchev–Trinajstić information content (AvgIpc) is 2.95. The van der Waals surface area contributed by atoms with E-state index in [1.807, 2.05) is 7.05 Å². The average molecular weight is 578 g/mol. The Morgan fingerprint density at radius 1 is 1.07 bits per heavy atom. The van der Waals surface area contributed by atoms with Crippen LogP contribution in [0.25, 0.3) is 0 Å². The van der Waals surface area contributed by atoms with Crippen LogP contribution in [0.3, 0.4) is 0 Å². The molecule has 4 N–H and O–H groups in total. The van der Waals surface area contributed by atoms with E-state index in [0.717, 1.165) is 45.0 Å². The fourth-order valence-electron chi connectivity index (χ4n) is 5.20. The van der Waals surface area contributed by atoms with Gasteiger partial charge in [-0.3, -0.25) is 9.59 Å². The molecule has 1 saturated carbocycles. The van der Waals surface area contributed by atoms with E-state index in [1.165, 1.54) is 7.11 Å². The van der Waals surface area contributed by atoms with Crippen LogP contribution in [0.4, 0.5) is 30.6 Å². The van der Waals surface area contributed by atoms with Gasteiger partial charge in [-0.05, 0) is 64.0 Å². The molecule has 41 heavy (non-hydrogen) atoms. The Morgan fingerprint density at radius 2 is 1.78 bits per heavy atom. The van der Waals surface area contributed by atoms with Crippen LogP contribution in [0.2, 0.25) is 0 Å². The summed E-state index contributed by atoms with van der Waals surface area (Å²) in [6, 6.07) is 4.15. The number of carbonyl (C=O) groups is 2. The fraction of sp³-hybridized carbons (Fsp3) is 0.571. The van der Waals surface area contributed by atoms with E-state index in [-0.39, 0.29) is 35.7 Å². The topological polar surface area (TPSA) is 121 Å². The molecule has 2 aliphatic rings. The summed E-state index contributed by atoms with van der Waals surface area (Å²) in [6.07, 6.45) is 1.03. The van der Waals surface area contributed by atoms with Crippen molar-refractivity contribution in [2.24, 2.45) is 0 Å². The van der Waals surface area contributed by atoms with Gasteiger partial charge in [-0.15, -0.1) is 0 Å². The second-order valence-electron chi connectivity index (χ2n) is 10.6. The highest BCUT2D eigenvalue weighted by molar-refractivity contribution is 5.95. The number of halogens is 3. The molecular formula is C28H38F3N7O3. The number of alkyl halides is 3. The molecule has 2 amide bonds. The van der Waals surface area contributed by atoms with Crippen molar-refractivity contribution in [3.05, 3.63) is 35.5 Å². The monoisotopic (exact) mass is 577 g/mol. The van der Waals surface area contributed by atoms with Crippen LogP contribution in [0.5, 0.6) is 5.75 Å². The van der Waals surface area contributed by atoms with Crippen LogP contribution >= 0.6 is 0 Å². The molecule has 2 fully saturated rings. The largest absolute Gasteiger partial charge is 0.495 e. The predicted octanol–water partition coefficient (Wildman–Crippen LogP) is 4.32. The molecular weight excluding hydrogens is 539 g/mol. The first-order valence-corrected chi connectivity index (χ1v) is 14.0. The van der Waals surface area contributed by atoms with Crippen molar-refractivity contribution in [2.75, 3.05) is 37.9 Å². The smallest absolute Gasteiger partial charge is 0.421 e. The molecule has 2 atom stereocenters.